The molecule has 2 rings (SSSR count). The van der Waals surface area contributed by atoms with Crippen LogP contribution in [-0.4, -0.2) is 19.4 Å². The minimum absolute atomic E-state index is 0.125. The maximum Gasteiger partial charge on any atom is 0.297 e. The van der Waals surface area contributed by atoms with E-state index in [-0.39, 0.29) is 4.90 Å². The molecule has 9 heteroatoms. The van der Waals surface area contributed by atoms with Crippen LogP contribution in [-0.2, 0) is 14.6 Å². The Labute approximate surface area is 144 Å². The maximum atomic E-state index is 12.6. The zero-order chi connectivity index (χ0) is 17.7. The van der Waals surface area contributed by atoms with Gasteiger partial charge in [0.25, 0.3) is 5.91 Å². The summed E-state index contributed by atoms with van der Waals surface area (Å²) < 4.78 is 25.2. The Morgan fingerprint density at radius 2 is 1.67 bits per heavy atom. The number of hydrogen-bond acceptors (Lipinski definition) is 6. The first-order valence-electron chi connectivity index (χ1n) is 6.76. The van der Waals surface area contributed by atoms with Gasteiger partial charge in [0.05, 0.1) is 10.6 Å². The van der Waals surface area contributed by atoms with Gasteiger partial charge < -0.3 is 0 Å². The lowest BCUT2D eigenvalue weighted by atomic mass is 10.2. The zero-order valence-corrected chi connectivity index (χ0v) is 14.2. The van der Waals surface area contributed by atoms with Crippen LogP contribution in [0.25, 0.3) is 0 Å². The van der Waals surface area contributed by atoms with Crippen LogP contribution in [0.1, 0.15) is 5.56 Å². The second-order valence-electron chi connectivity index (χ2n) is 4.83. The van der Waals surface area contributed by atoms with Crippen LogP contribution in [0.2, 0.25) is 5.02 Å². The lowest BCUT2D eigenvalue weighted by Gasteiger charge is -2.08. The number of nitrogens with one attached hydrogen (secondary N) is 2. The van der Waals surface area contributed by atoms with E-state index >= 15 is 0 Å². The van der Waals surface area contributed by atoms with E-state index in [0.29, 0.717) is 10.7 Å². The molecule has 0 unspecified atom stereocenters. The molecule has 0 heterocycles. The molecule has 126 valence electrons. The number of halogens is 1. The van der Waals surface area contributed by atoms with Gasteiger partial charge in [-0.05, 0) is 43.3 Å². The molecule has 0 aliphatic carbocycles. The normalized spacial score (nSPS) is 11.9. The fourth-order valence-corrected chi connectivity index (χ4v) is 3.08. The topological polar surface area (TPSA) is 114 Å². The fraction of sp³-hybridized carbons (Fsp3) is 0.0667. The van der Waals surface area contributed by atoms with Crippen LogP contribution in [0.4, 0.5) is 5.69 Å². The number of carbonyl (C=O) groups excluding carboxylic acids is 1. The van der Waals surface area contributed by atoms with Crippen molar-refractivity contribution in [2.75, 3.05) is 5.43 Å². The Balaban J connectivity index is 2.40. The molecule has 0 fully saturated rings. The van der Waals surface area contributed by atoms with Gasteiger partial charge in [0.15, 0.2) is 0 Å². The molecule has 0 aliphatic heterocycles. The minimum Gasteiger partial charge on any atom is -0.288 e. The summed E-state index contributed by atoms with van der Waals surface area (Å²) in [6, 6.07) is 12.4. The van der Waals surface area contributed by atoms with Crippen LogP contribution in [0.5, 0.6) is 0 Å². The first kappa shape index (κ1) is 17.9. The van der Waals surface area contributed by atoms with E-state index in [0.717, 1.165) is 5.56 Å². The van der Waals surface area contributed by atoms with Gasteiger partial charge in [-0.3, -0.25) is 15.6 Å². The first-order valence-corrected chi connectivity index (χ1v) is 8.62. The van der Waals surface area contributed by atoms with E-state index in [1.165, 1.54) is 24.3 Å². The van der Waals surface area contributed by atoms with Crippen molar-refractivity contribution in [3.05, 3.63) is 59.1 Å². The number of rotatable bonds is 3. The SMILES string of the molecule is Cc1ccc(NN=C(C(=O)NN)S(=O)(=O)c2ccc(Cl)cc2)cc1. The predicted octanol–water partition coefficient (Wildman–Crippen LogP) is 1.84. The maximum absolute atomic E-state index is 12.6. The highest BCUT2D eigenvalue weighted by Gasteiger charge is 2.29. The Bertz CT molecular complexity index is 863. The van der Waals surface area contributed by atoms with Crippen molar-refractivity contribution >= 4 is 38.1 Å². The second kappa shape index (κ2) is 7.43. The van der Waals surface area contributed by atoms with Crippen molar-refractivity contribution < 1.29 is 13.2 Å². The van der Waals surface area contributed by atoms with Crippen molar-refractivity contribution in [2.24, 2.45) is 10.9 Å². The van der Waals surface area contributed by atoms with E-state index in [4.69, 9.17) is 17.4 Å². The van der Waals surface area contributed by atoms with E-state index in [2.05, 4.69) is 10.5 Å². The van der Waals surface area contributed by atoms with Crippen molar-refractivity contribution in [3.8, 4) is 0 Å². The lowest BCUT2D eigenvalue weighted by molar-refractivity contribution is -0.114. The number of benzene rings is 2. The van der Waals surface area contributed by atoms with Crippen LogP contribution < -0.4 is 16.7 Å². The number of amides is 1. The largest absolute Gasteiger partial charge is 0.297 e. The van der Waals surface area contributed by atoms with Gasteiger partial charge in [-0.1, -0.05) is 29.3 Å². The summed E-state index contributed by atoms with van der Waals surface area (Å²) in [7, 11) is -4.17. The van der Waals surface area contributed by atoms with Gasteiger partial charge >= 0.3 is 0 Å². The molecule has 0 saturated heterocycles. The molecule has 0 spiro atoms. The molecule has 2 aromatic rings. The van der Waals surface area contributed by atoms with E-state index in [1.807, 2.05) is 19.1 Å². The molecule has 4 N–H and O–H groups in total. The summed E-state index contributed by atoms with van der Waals surface area (Å²) in [6.45, 7) is 1.91. The number of nitrogens with two attached hydrogens (primary N) is 1. The van der Waals surface area contributed by atoms with Gasteiger partial charge in [0, 0.05) is 5.02 Å². The van der Waals surface area contributed by atoms with Gasteiger partial charge in [-0.2, -0.15) is 5.10 Å². The zero-order valence-electron chi connectivity index (χ0n) is 12.7. The molecule has 7 nitrogen and oxygen atoms in total. The van der Waals surface area contributed by atoms with Gasteiger partial charge in [-0.25, -0.2) is 14.3 Å². The van der Waals surface area contributed by atoms with Crippen molar-refractivity contribution in [2.45, 2.75) is 11.8 Å². The summed E-state index contributed by atoms with van der Waals surface area (Å²) in [5.74, 6) is 4.03. The lowest BCUT2D eigenvalue weighted by Crippen LogP contribution is -2.40. The molecular formula is C15H15ClN4O3S. The molecule has 2 aromatic carbocycles. The Hall–Kier alpha value is -2.42. The fourth-order valence-electron chi connectivity index (χ4n) is 1.76. The number of sulfone groups is 1. The Kier molecular flexibility index (Phi) is 5.55. The number of hydrazone groups is 1. The van der Waals surface area contributed by atoms with Crippen molar-refractivity contribution in [1.29, 1.82) is 0 Å². The van der Waals surface area contributed by atoms with Crippen LogP contribution in [0.3, 0.4) is 0 Å². The highest BCUT2D eigenvalue weighted by Crippen LogP contribution is 2.17. The average Bonchev–Trinajstić information content (AvgIpc) is 2.56. The highest BCUT2D eigenvalue weighted by molar-refractivity contribution is 8.08. The summed E-state index contributed by atoms with van der Waals surface area (Å²) in [5, 5.41) is 3.33. The summed E-state index contributed by atoms with van der Waals surface area (Å²) >= 11 is 5.75. The number of carbonyl (C=O) groups is 1. The molecule has 24 heavy (non-hydrogen) atoms. The predicted molar refractivity (Wildman–Crippen MR) is 93.2 cm³/mol. The Morgan fingerprint density at radius 3 is 2.21 bits per heavy atom. The monoisotopic (exact) mass is 366 g/mol. The van der Waals surface area contributed by atoms with Crippen molar-refractivity contribution in [1.82, 2.24) is 5.43 Å². The summed E-state index contributed by atoms with van der Waals surface area (Å²) in [6.07, 6.45) is 0. The molecular weight excluding hydrogens is 352 g/mol. The number of nitrogens with zero attached hydrogens (tertiary/aromatic N) is 1. The standard InChI is InChI=1S/C15H15ClN4O3S/c1-10-2-6-12(7-3-10)19-20-15(14(21)18-17)24(22,23)13-8-4-11(16)5-9-13/h2-9,19H,17H2,1H3,(H,18,21). The number of aryl methyl sites for hydroxylation is 1. The molecule has 1 amide bonds. The number of hydrazine groups is 1. The highest BCUT2D eigenvalue weighted by atomic mass is 35.5. The quantitative estimate of drug-likeness (QED) is 0.252. The van der Waals surface area contributed by atoms with Gasteiger partial charge in [-0.15, -0.1) is 0 Å². The summed E-state index contributed by atoms with van der Waals surface area (Å²) in [4.78, 5) is 11.7. The van der Waals surface area contributed by atoms with Crippen LogP contribution in [0, 0.1) is 6.92 Å². The third-order valence-electron chi connectivity index (χ3n) is 3.04. The molecule has 0 bridgehead atoms. The molecule has 0 aliphatic rings. The molecule has 0 aromatic heterocycles. The smallest absolute Gasteiger partial charge is 0.288 e. The van der Waals surface area contributed by atoms with E-state index < -0.39 is 20.8 Å². The summed E-state index contributed by atoms with van der Waals surface area (Å²) in [5.41, 5.74) is 5.87. The van der Waals surface area contributed by atoms with E-state index in [9.17, 15) is 13.2 Å². The number of hydrogen-bond donors (Lipinski definition) is 3. The average molecular weight is 367 g/mol. The molecule has 0 radical (unpaired) electrons. The van der Waals surface area contributed by atoms with Crippen LogP contribution >= 0.6 is 11.6 Å². The third kappa shape index (κ3) is 4.10. The van der Waals surface area contributed by atoms with Gasteiger partial charge in [0.2, 0.25) is 14.9 Å². The van der Waals surface area contributed by atoms with Crippen molar-refractivity contribution in [3.63, 3.8) is 0 Å². The third-order valence-corrected chi connectivity index (χ3v) is 4.97. The number of anilines is 1. The first-order chi connectivity index (χ1) is 11.3. The Morgan fingerprint density at radius 1 is 1.08 bits per heavy atom. The molecule has 0 atom stereocenters. The minimum atomic E-state index is -4.17. The second-order valence-corrected chi connectivity index (χ2v) is 7.13. The van der Waals surface area contributed by atoms with E-state index in [1.54, 1.807) is 17.6 Å². The van der Waals surface area contributed by atoms with Crippen LogP contribution in [0.15, 0.2) is 58.5 Å². The molecule has 0 saturated carbocycles. The van der Waals surface area contributed by atoms with Gasteiger partial charge in [0.1, 0.15) is 0 Å².